The van der Waals surface area contributed by atoms with Crippen LogP contribution in [0.1, 0.15) is 32.8 Å². The van der Waals surface area contributed by atoms with Crippen LogP contribution in [0.3, 0.4) is 0 Å². The molecule has 0 fully saturated rings. The number of benzene rings is 2. The molecule has 3 heterocycles. The zero-order chi connectivity index (χ0) is 27.5. The molecule has 3 aromatic heterocycles. The van der Waals surface area contributed by atoms with Crippen molar-refractivity contribution in [3.63, 3.8) is 0 Å². The molecular weight excluding hydrogens is 487 g/mol. The standard InChI is InChI=1S/C32H31FN6/c1-6-28-26(15-20(4)22-16-23(18-34-17-22)35-21(5)14-19(2)3)31(39-38-28)32-36-29-13-9-11-25(30(29)37-32)24-10-7-8-12-27(24)33/h6-13,15-19,35,38H,4-5,14H2,1-3H3,(H,36,37)/b26-15+,28-6+. The van der Waals surface area contributed by atoms with Crippen molar-refractivity contribution < 1.29 is 4.39 Å². The van der Waals surface area contributed by atoms with Crippen molar-refractivity contribution in [3.05, 3.63) is 102 Å². The number of pyridine rings is 1. The Morgan fingerprint density at radius 1 is 1.08 bits per heavy atom. The van der Waals surface area contributed by atoms with Crippen LogP contribution in [0, 0.1) is 11.7 Å². The van der Waals surface area contributed by atoms with Crippen molar-refractivity contribution in [1.82, 2.24) is 25.1 Å². The molecule has 0 saturated carbocycles. The average molecular weight is 519 g/mol. The average Bonchev–Trinajstić information content (AvgIpc) is 3.52. The quantitative estimate of drug-likeness (QED) is 0.221. The molecule has 0 atom stereocenters. The van der Waals surface area contributed by atoms with Crippen molar-refractivity contribution in [2.24, 2.45) is 5.92 Å². The fourth-order valence-corrected chi connectivity index (χ4v) is 4.64. The first kappa shape index (κ1) is 25.9. The number of hydrogen-bond donors (Lipinski definition) is 3. The predicted octanol–water partition coefficient (Wildman–Crippen LogP) is 6.42. The van der Waals surface area contributed by atoms with Crippen molar-refractivity contribution in [2.75, 3.05) is 5.32 Å². The van der Waals surface area contributed by atoms with E-state index in [1.54, 1.807) is 24.5 Å². The molecule has 0 bridgehead atoms. The minimum absolute atomic E-state index is 0.291. The molecule has 7 heteroatoms. The third kappa shape index (κ3) is 5.43. The molecule has 0 saturated heterocycles. The number of aromatic nitrogens is 5. The fraction of sp³-hybridized carbons (Fsp3) is 0.156. The van der Waals surface area contributed by atoms with Gasteiger partial charge in [0.25, 0.3) is 0 Å². The van der Waals surface area contributed by atoms with Crippen LogP contribution in [0.4, 0.5) is 10.1 Å². The Balaban J connectivity index is 1.55. The van der Waals surface area contributed by atoms with Gasteiger partial charge in [-0.2, -0.15) is 5.10 Å². The van der Waals surface area contributed by atoms with Gasteiger partial charge in [0, 0.05) is 33.8 Å². The van der Waals surface area contributed by atoms with Crippen molar-refractivity contribution >= 4 is 34.4 Å². The summed E-state index contributed by atoms with van der Waals surface area (Å²) >= 11 is 0. The number of allylic oxidation sites excluding steroid dienone is 2. The molecule has 0 aliphatic heterocycles. The second-order valence-electron chi connectivity index (χ2n) is 9.91. The molecule has 5 aromatic rings. The third-order valence-electron chi connectivity index (χ3n) is 6.43. The fourth-order valence-electron chi connectivity index (χ4n) is 4.64. The first-order valence-electron chi connectivity index (χ1n) is 12.9. The summed E-state index contributed by atoms with van der Waals surface area (Å²) in [5.41, 5.74) is 6.79. The first-order valence-corrected chi connectivity index (χ1v) is 12.9. The Morgan fingerprint density at radius 3 is 2.64 bits per heavy atom. The third-order valence-corrected chi connectivity index (χ3v) is 6.43. The zero-order valence-electron chi connectivity index (χ0n) is 22.3. The van der Waals surface area contributed by atoms with Crippen LogP contribution in [0.2, 0.25) is 0 Å². The van der Waals surface area contributed by atoms with E-state index in [1.165, 1.54) is 6.07 Å². The topological polar surface area (TPSA) is 82.3 Å². The Morgan fingerprint density at radius 2 is 1.87 bits per heavy atom. The van der Waals surface area contributed by atoms with E-state index in [0.717, 1.165) is 50.6 Å². The van der Waals surface area contributed by atoms with Gasteiger partial charge < -0.3 is 10.3 Å². The molecule has 0 spiro atoms. The molecule has 196 valence electrons. The second-order valence-corrected chi connectivity index (χ2v) is 9.91. The summed E-state index contributed by atoms with van der Waals surface area (Å²) in [5.74, 6) is 0.796. The van der Waals surface area contributed by atoms with Crippen molar-refractivity contribution in [3.8, 4) is 22.6 Å². The lowest BCUT2D eigenvalue weighted by Crippen LogP contribution is -2.23. The Labute approximate surface area is 226 Å². The highest BCUT2D eigenvalue weighted by Crippen LogP contribution is 2.30. The van der Waals surface area contributed by atoms with Crippen LogP contribution in [-0.4, -0.2) is 25.1 Å². The van der Waals surface area contributed by atoms with E-state index in [2.05, 4.69) is 52.5 Å². The number of nitrogens with zero attached hydrogens (tertiary/aromatic N) is 3. The largest absolute Gasteiger partial charge is 0.358 e. The van der Waals surface area contributed by atoms with Gasteiger partial charge in [-0.25, -0.2) is 9.37 Å². The van der Waals surface area contributed by atoms with Gasteiger partial charge in [-0.05, 0) is 49.1 Å². The minimum atomic E-state index is -0.291. The monoisotopic (exact) mass is 518 g/mol. The van der Waals surface area contributed by atoms with Gasteiger partial charge in [0.15, 0.2) is 5.82 Å². The summed E-state index contributed by atoms with van der Waals surface area (Å²) in [6.45, 7) is 14.7. The molecule has 0 aliphatic rings. The van der Waals surface area contributed by atoms with Gasteiger partial charge in [-0.3, -0.25) is 10.1 Å². The van der Waals surface area contributed by atoms with Crippen molar-refractivity contribution in [1.29, 1.82) is 0 Å². The highest BCUT2D eigenvalue weighted by molar-refractivity contribution is 5.94. The maximum Gasteiger partial charge on any atom is 0.159 e. The van der Waals surface area contributed by atoms with E-state index < -0.39 is 0 Å². The van der Waals surface area contributed by atoms with Crippen LogP contribution < -0.4 is 15.9 Å². The summed E-state index contributed by atoms with van der Waals surface area (Å²) in [5, 5.41) is 12.7. The van der Waals surface area contributed by atoms with E-state index in [4.69, 9.17) is 4.98 Å². The number of rotatable bonds is 8. The van der Waals surface area contributed by atoms with Gasteiger partial charge in [0.1, 0.15) is 11.5 Å². The lowest BCUT2D eigenvalue weighted by atomic mass is 10.0. The highest BCUT2D eigenvalue weighted by Gasteiger charge is 2.15. The lowest BCUT2D eigenvalue weighted by Gasteiger charge is -2.12. The van der Waals surface area contributed by atoms with Gasteiger partial charge in [-0.15, -0.1) is 0 Å². The molecular formula is C32H31FN6. The number of hydrogen-bond acceptors (Lipinski definition) is 4. The van der Waals surface area contributed by atoms with Crippen molar-refractivity contribution in [2.45, 2.75) is 27.2 Å². The summed E-state index contributed by atoms with van der Waals surface area (Å²) < 4.78 is 14.6. The van der Waals surface area contributed by atoms with E-state index >= 15 is 0 Å². The maximum absolute atomic E-state index is 14.6. The number of H-pyrrole nitrogens is 2. The number of para-hydroxylation sites is 1. The predicted molar refractivity (Wildman–Crippen MR) is 158 cm³/mol. The number of anilines is 1. The molecule has 2 aromatic carbocycles. The molecule has 6 nitrogen and oxygen atoms in total. The van der Waals surface area contributed by atoms with Crippen LogP contribution >= 0.6 is 0 Å². The summed E-state index contributed by atoms with van der Waals surface area (Å²) in [4.78, 5) is 12.6. The molecule has 0 amide bonds. The number of nitrogens with one attached hydrogen (secondary N) is 3. The number of imidazole rings is 1. The molecule has 39 heavy (non-hydrogen) atoms. The van der Waals surface area contributed by atoms with Crippen LogP contribution in [0.25, 0.3) is 51.4 Å². The molecule has 0 radical (unpaired) electrons. The molecule has 0 unspecified atom stereocenters. The van der Waals surface area contributed by atoms with Gasteiger partial charge in [0.05, 0.1) is 28.3 Å². The number of halogens is 1. The normalized spacial score (nSPS) is 12.4. The van der Waals surface area contributed by atoms with E-state index in [9.17, 15) is 4.39 Å². The van der Waals surface area contributed by atoms with Gasteiger partial charge in [-0.1, -0.05) is 63.4 Å². The zero-order valence-corrected chi connectivity index (χ0v) is 22.3. The molecule has 5 rings (SSSR count). The van der Waals surface area contributed by atoms with Gasteiger partial charge >= 0.3 is 0 Å². The summed E-state index contributed by atoms with van der Waals surface area (Å²) in [6, 6.07) is 14.4. The maximum atomic E-state index is 14.6. The minimum Gasteiger partial charge on any atom is -0.358 e. The Bertz CT molecular complexity index is 1810. The molecule has 0 aliphatic carbocycles. The highest BCUT2D eigenvalue weighted by atomic mass is 19.1. The Kier molecular flexibility index (Phi) is 7.23. The molecule has 3 N–H and O–H groups in total. The van der Waals surface area contributed by atoms with E-state index in [-0.39, 0.29) is 5.82 Å². The lowest BCUT2D eigenvalue weighted by molar-refractivity contribution is 0.631. The summed E-state index contributed by atoms with van der Waals surface area (Å²) in [6.07, 6.45) is 8.37. The second kappa shape index (κ2) is 10.9. The van der Waals surface area contributed by atoms with Crippen LogP contribution in [0.15, 0.2) is 79.8 Å². The van der Waals surface area contributed by atoms with Crippen LogP contribution in [-0.2, 0) is 0 Å². The van der Waals surface area contributed by atoms with E-state index in [0.29, 0.717) is 28.5 Å². The first-order chi connectivity index (χ1) is 18.8. The Hall–Kier alpha value is -4.78. The number of fused-ring (bicyclic) bond motifs is 1. The van der Waals surface area contributed by atoms with Crippen LogP contribution in [0.5, 0.6) is 0 Å². The van der Waals surface area contributed by atoms with E-state index in [1.807, 2.05) is 49.4 Å². The summed E-state index contributed by atoms with van der Waals surface area (Å²) in [7, 11) is 0. The smallest absolute Gasteiger partial charge is 0.159 e. The van der Waals surface area contributed by atoms with Gasteiger partial charge in [0.2, 0.25) is 0 Å². The SMILES string of the molecule is C=C(CC(C)C)Nc1cncc(C(=C)/C=c2/c(-c3nc4c(-c5ccccc5F)cccc4[nH]3)n[nH]/c2=C/C)c1. The number of aromatic amines is 2.